The van der Waals surface area contributed by atoms with E-state index in [0.29, 0.717) is 17.1 Å². The monoisotopic (exact) mass is 325 g/mol. The van der Waals surface area contributed by atoms with Crippen LogP contribution in [-0.4, -0.2) is 26.0 Å². The highest BCUT2D eigenvalue weighted by Gasteiger charge is 2.34. The van der Waals surface area contributed by atoms with Gasteiger partial charge in [-0.05, 0) is 44.2 Å². The molecule has 0 radical (unpaired) electrons. The van der Waals surface area contributed by atoms with Gasteiger partial charge < -0.3 is 15.0 Å². The molecule has 122 valence electrons. The normalized spacial score (nSPS) is 11.2. The molecule has 0 spiro atoms. The van der Waals surface area contributed by atoms with Crippen LogP contribution in [0.1, 0.15) is 19.7 Å². The lowest BCUT2D eigenvalue weighted by atomic mass is 9.93. The van der Waals surface area contributed by atoms with E-state index in [0.717, 1.165) is 0 Å². The Labute approximate surface area is 137 Å². The first kappa shape index (κ1) is 15.6. The van der Waals surface area contributed by atoms with Gasteiger partial charge in [0.1, 0.15) is 11.2 Å². The molecule has 0 saturated carbocycles. The van der Waals surface area contributed by atoms with Crippen molar-refractivity contribution in [3.63, 3.8) is 0 Å². The van der Waals surface area contributed by atoms with Crippen molar-refractivity contribution >= 4 is 5.91 Å². The van der Waals surface area contributed by atoms with Crippen molar-refractivity contribution in [3.8, 4) is 23.1 Å². The first-order valence-electron chi connectivity index (χ1n) is 7.16. The highest BCUT2D eigenvalue weighted by atomic mass is 16.5. The number of nitrogens with zero attached hydrogens (tertiary/aromatic N) is 4. The predicted octanol–water partition coefficient (Wildman–Crippen LogP) is 2.08. The van der Waals surface area contributed by atoms with Gasteiger partial charge in [0.2, 0.25) is 17.6 Å². The first-order valence-corrected chi connectivity index (χ1v) is 7.16. The standard InChI is InChI=1S/C16H15N5O3/c1-16(2,13(17)22)14-20-12(21-24-14)10-4-6-11(7-5-10)23-15-18-8-3-9-19-15/h3-9H,1-2H3,(H2,17,22). The first-order chi connectivity index (χ1) is 11.5. The molecular weight excluding hydrogens is 310 g/mol. The number of hydrogen-bond donors (Lipinski definition) is 1. The molecule has 0 aliphatic carbocycles. The van der Waals surface area contributed by atoms with Crippen LogP contribution in [-0.2, 0) is 10.2 Å². The maximum atomic E-state index is 11.5. The van der Waals surface area contributed by atoms with Gasteiger partial charge in [-0.2, -0.15) is 4.98 Å². The molecule has 2 heterocycles. The van der Waals surface area contributed by atoms with Crippen LogP contribution in [0, 0.1) is 0 Å². The Bertz CT molecular complexity index is 844. The fourth-order valence-corrected chi connectivity index (χ4v) is 1.82. The summed E-state index contributed by atoms with van der Waals surface area (Å²) in [4.78, 5) is 23.7. The highest BCUT2D eigenvalue weighted by molar-refractivity contribution is 5.84. The van der Waals surface area contributed by atoms with Crippen LogP contribution in [0.4, 0.5) is 0 Å². The summed E-state index contributed by atoms with van der Waals surface area (Å²) in [5.41, 5.74) is 5.03. The molecule has 0 fully saturated rings. The minimum absolute atomic E-state index is 0.169. The fraction of sp³-hybridized carbons (Fsp3) is 0.188. The number of ether oxygens (including phenoxy) is 1. The molecule has 2 aromatic heterocycles. The van der Waals surface area contributed by atoms with Gasteiger partial charge in [-0.3, -0.25) is 4.79 Å². The number of benzene rings is 1. The van der Waals surface area contributed by atoms with Gasteiger partial charge in [0.05, 0.1) is 0 Å². The van der Waals surface area contributed by atoms with Crippen LogP contribution >= 0.6 is 0 Å². The van der Waals surface area contributed by atoms with Gasteiger partial charge in [0.25, 0.3) is 0 Å². The largest absolute Gasteiger partial charge is 0.424 e. The summed E-state index contributed by atoms with van der Waals surface area (Å²) in [5.74, 6) is 0.570. The molecule has 0 saturated heterocycles. The highest BCUT2D eigenvalue weighted by Crippen LogP contribution is 2.26. The lowest BCUT2D eigenvalue weighted by molar-refractivity contribution is -0.123. The van der Waals surface area contributed by atoms with Crippen LogP contribution in [0.25, 0.3) is 11.4 Å². The Morgan fingerprint density at radius 2 is 1.83 bits per heavy atom. The van der Waals surface area contributed by atoms with E-state index in [2.05, 4.69) is 20.1 Å². The molecule has 24 heavy (non-hydrogen) atoms. The third kappa shape index (κ3) is 3.07. The zero-order chi connectivity index (χ0) is 17.2. The van der Waals surface area contributed by atoms with Crippen molar-refractivity contribution in [3.05, 3.63) is 48.6 Å². The van der Waals surface area contributed by atoms with Gasteiger partial charge in [-0.25, -0.2) is 9.97 Å². The molecule has 0 bridgehead atoms. The smallest absolute Gasteiger partial charge is 0.321 e. The minimum atomic E-state index is -1.03. The summed E-state index contributed by atoms with van der Waals surface area (Å²) < 4.78 is 10.7. The molecule has 0 aliphatic rings. The van der Waals surface area contributed by atoms with Crippen LogP contribution < -0.4 is 10.5 Å². The molecule has 0 aliphatic heterocycles. The number of amides is 1. The second-order valence-corrected chi connectivity index (χ2v) is 5.57. The average Bonchev–Trinajstić information content (AvgIpc) is 3.07. The Morgan fingerprint density at radius 3 is 2.46 bits per heavy atom. The van der Waals surface area contributed by atoms with Crippen molar-refractivity contribution in [2.45, 2.75) is 19.3 Å². The van der Waals surface area contributed by atoms with Gasteiger partial charge >= 0.3 is 6.01 Å². The number of primary amides is 1. The number of aromatic nitrogens is 4. The summed E-state index contributed by atoms with van der Waals surface area (Å²) in [5, 5.41) is 3.89. The lowest BCUT2D eigenvalue weighted by Crippen LogP contribution is -2.35. The average molecular weight is 325 g/mol. The third-order valence-electron chi connectivity index (χ3n) is 3.44. The van der Waals surface area contributed by atoms with E-state index in [4.69, 9.17) is 15.0 Å². The van der Waals surface area contributed by atoms with Crippen molar-refractivity contribution < 1.29 is 14.1 Å². The molecule has 0 unspecified atom stereocenters. The van der Waals surface area contributed by atoms with Crippen LogP contribution in [0.2, 0.25) is 0 Å². The summed E-state index contributed by atoms with van der Waals surface area (Å²) in [6.45, 7) is 3.26. The van der Waals surface area contributed by atoms with E-state index in [9.17, 15) is 4.79 Å². The molecule has 1 amide bonds. The van der Waals surface area contributed by atoms with Gasteiger partial charge in [0, 0.05) is 18.0 Å². The van der Waals surface area contributed by atoms with E-state index < -0.39 is 11.3 Å². The predicted molar refractivity (Wildman–Crippen MR) is 84.1 cm³/mol. The number of nitrogens with two attached hydrogens (primary N) is 1. The Kier molecular flexibility index (Phi) is 3.95. The van der Waals surface area contributed by atoms with Crippen LogP contribution in [0.15, 0.2) is 47.2 Å². The molecule has 0 atom stereocenters. The number of carbonyl (C=O) groups excluding carboxylic acids is 1. The van der Waals surface area contributed by atoms with Crippen molar-refractivity contribution in [1.29, 1.82) is 0 Å². The van der Waals surface area contributed by atoms with E-state index >= 15 is 0 Å². The molecule has 2 N–H and O–H groups in total. The summed E-state index contributed by atoms with van der Waals surface area (Å²) in [6, 6.07) is 8.98. The molecule has 3 rings (SSSR count). The quantitative estimate of drug-likeness (QED) is 0.763. The van der Waals surface area contributed by atoms with Crippen LogP contribution in [0.3, 0.4) is 0 Å². The van der Waals surface area contributed by atoms with Crippen molar-refractivity contribution in [2.24, 2.45) is 5.73 Å². The number of carbonyl (C=O) groups is 1. The topological polar surface area (TPSA) is 117 Å². The van der Waals surface area contributed by atoms with Gasteiger partial charge in [0.15, 0.2) is 0 Å². The van der Waals surface area contributed by atoms with Gasteiger partial charge in [-0.15, -0.1) is 0 Å². The minimum Gasteiger partial charge on any atom is -0.424 e. The van der Waals surface area contributed by atoms with Crippen LogP contribution in [0.5, 0.6) is 11.8 Å². The Hall–Kier alpha value is -3.29. The molecular formula is C16H15N5O3. The maximum absolute atomic E-state index is 11.5. The third-order valence-corrected chi connectivity index (χ3v) is 3.44. The molecule has 8 nitrogen and oxygen atoms in total. The van der Waals surface area contributed by atoms with Gasteiger partial charge in [-0.1, -0.05) is 5.16 Å². The lowest BCUT2D eigenvalue weighted by Gasteiger charge is -2.13. The second kappa shape index (κ2) is 6.07. The number of hydrogen-bond acceptors (Lipinski definition) is 7. The van der Waals surface area contributed by atoms with E-state index in [1.807, 2.05) is 0 Å². The summed E-state index contributed by atoms with van der Waals surface area (Å²) >= 11 is 0. The summed E-state index contributed by atoms with van der Waals surface area (Å²) in [6.07, 6.45) is 3.19. The summed E-state index contributed by atoms with van der Waals surface area (Å²) in [7, 11) is 0. The van der Waals surface area contributed by atoms with E-state index in [1.54, 1.807) is 56.6 Å². The van der Waals surface area contributed by atoms with E-state index in [-0.39, 0.29) is 11.9 Å². The molecule has 3 aromatic rings. The Morgan fingerprint density at radius 1 is 1.17 bits per heavy atom. The van der Waals surface area contributed by atoms with Crippen molar-refractivity contribution in [1.82, 2.24) is 20.1 Å². The van der Waals surface area contributed by atoms with Crippen molar-refractivity contribution in [2.75, 3.05) is 0 Å². The second-order valence-electron chi connectivity index (χ2n) is 5.57. The fourth-order valence-electron chi connectivity index (χ4n) is 1.82. The molecule has 1 aromatic carbocycles. The van der Waals surface area contributed by atoms with E-state index in [1.165, 1.54) is 0 Å². The Balaban J connectivity index is 1.79. The SMILES string of the molecule is CC(C)(C(N)=O)c1nc(-c2ccc(Oc3ncccn3)cc2)no1. The maximum Gasteiger partial charge on any atom is 0.321 e. The zero-order valence-corrected chi connectivity index (χ0v) is 13.1. The molecule has 8 heteroatoms. The number of rotatable bonds is 5. The zero-order valence-electron chi connectivity index (χ0n) is 13.1.